The molecule has 0 radical (unpaired) electrons. The van der Waals surface area contributed by atoms with Gasteiger partial charge in [0.1, 0.15) is 0 Å². The summed E-state index contributed by atoms with van der Waals surface area (Å²) in [4.78, 5) is 13.6. The van der Waals surface area contributed by atoms with Crippen LogP contribution >= 0.6 is 11.6 Å². The van der Waals surface area contributed by atoms with Crippen LogP contribution in [0, 0.1) is 0 Å². The Hall–Kier alpha value is -1.79. The molecule has 0 bridgehead atoms. The van der Waals surface area contributed by atoms with E-state index in [2.05, 4.69) is 47.0 Å². The number of piperazine rings is 1. The molecule has 33 heavy (non-hydrogen) atoms. The first-order valence-electron chi connectivity index (χ1n) is 11.0. The maximum atomic E-state index is 11.0. The van der Waals surface area contributed by atoms with E-state index in [9.17, 15) is 4.39 Å². The van der Waals surface area contributed by atoms with Gasteiger partial charge in [-0.25, -0.2) is 4.98 Å². The van der Waals surface area contributed by atoms with Crippen molar-refractivity contribution >= 4 is 28.2 Å². The number of benzene rings is 1. The zero-order valence-electron chi connectivity index (χ0n) is 20.0. The van der Waals surface area contributed by atoms with Gasteiger partial charge in [0, 0.05) is 43.0 Å². The average molecular weight is 477 g/mol. The van der Waals surface area contributed by atoms with Crippen LogP contribution in [-0.4, -0.2) is 47.6 Å². The quantitative estimate of drug-likeness (QED) is 0.511. The van der Waals surface area contributed by atoms with Crippen molar-refractivity contribution in [1.29, 1.82) is 0 Å². The summed E-state index contributed by atoms with van der Waals surface area (Å²) >= 11 is 6.50. The maximum Gasteiger partial charge on any atom is 1.00 e. The van der Waals surface area contributed by atoms with Crippen LogP contribution in [0.25, 0.3) is 27.9 Å². The van der Waals surface area contributed by atoms with Crippen molar-refractivity contribution in [3.63, 3.8) is 0 Å². The third-order valence-corrected chi connectivity index (χ3v) is 5.94. The summed E-state index contributed by atoms with van der Waals surface area (Å²) in [5, 5.41) is 1.65. The van der Waals surface area contributed by atoms with Crippen LogP contribution < -0.4 is 34.5 Å². The predicted octanol–water partition coefficient (Wildman–Crippen LogP) is 3.39. The number of hydrogen-bond acceptors (Lipinski definition) is 3. The van der Waals surface area contributed by atoms with Crippen molar-refractivity contribution in [3.8, 4) is 11.3 Å². The second-order valence-corrected chi connectivity index (χ2v) is 8.38. The minimum Gasteiger partial charge on any atom is -0.670 e. The maximum absolute atomic E-state index is 11.0. The second kappa shape index (κ2) is 13.2. The number of rotatable bonds is 6. The summed E-state index contributed by atoms with van der Waals surface area (Å²) in [6.45, 7) is 16.1. The number of unbranched alkanes of at least 4 members (excludes halogenated alkanes) is 1. The molecular weight excluding hydrogens is 446 g/mol. The molecule has 1 aromatic carbocycles. The smallest absolute Gasteiger partial charge is 0.670 e. The first-order valence-corrected chi connectivity index (χ1v) is 11.4. The third-order valence-electron chi connectivity index (χ3n) is 5.63. The van der Waals surface area contributed by atoms with Crippen LogP contribution in [-0.2, 0) is 0 Å². The van der Waals surface area contributed by atoms with E-state index in [4.69, 9.17) is 16.6 Å². The van der Waals surface area contributed by atoms with Gasteiger partial charge in [-0.15, -0.1) is 0 Å². The van der Waals surface area contributed by atoms with Gasteiger partial charge in [0.05, 0.1) is 22.9 Å². The molecule has 0 atom stereocenters. The third kappa shape index (κ3) is 7.10. The summed E-state index contributed by atoms with van der Waals surface area (Å²) < 4.78 is 11.0. The Morgan fingerprint density at radius 3 is 2.36 bits per heavy atom. The number of halogens is 2. The van der Waals surface area contributed by atoms with E-state index < -0.39 is 0 Å². The first kappa shape index (κ1) is 27.5. The summed E-state index contributed by atoms with van der Waals surface area (Å²) in [6.07, 6.45) is 5.25. The Kier molecular flexibility index (Phi) is 11.0. The number of pyridine rings is 1. The number of hydrogen-bond donors (Lipinski definition) is 0. The molecule has 1 saturated heterocycles. The SMILES string of the molecule is C=C(C)N1CCN(C(=C)c2ccc3c(Cl)cc(-c4cc[n-]c4)nc3c2)CC1.CCCCF.[Na+]. The van der Waals surface area contributed by atoms with Gasteiger partial charge in [0.2, 0.25) is 0 Å². The normalized spacial score (nSPS) is 13.2. The van der Waals surface area contributed by atoms with Gasteiger partial charge in [-0.2, -0.15) is 12.4 Å². The molecule has 1 aliphatic rings. The molecule has 3 aromatic rings. The molecule has 7 heteroatoms. The number of allylic oxidation sites excluding steroid dienone is 1. The van der Waals surface area contributed by atoms with Crippen LogP contribution in [0.2, 0.25) is 5.02 Å². The zero-order valence-corrected chi connectivity index (χ0v) is 22.7. The summed E-state index contributed by atoms with van der Waals surface area (Å²) in [6, 6.07) is 10.0. The van der Waals surface area contributed by atoms with Crippen molar-refractivity contribution in [1.82, 2.24) is 19.8 Å². The second-order valence-electron chi connectivity index (χ2n) is 7.97. The molecular formula is C26H31ClFN4Na. The molecule has 0 spiro atoms. The largest absolute Gasteiger partial charge is 1.00 e. The summed E-state index contributed by atoms with van der Waals surface area (Å²) in [5.41, 5.74) is 5.91. The molecule has 0 N–H and O–H groups in total. The Morgan fingerprint density at radius 2 is 1.82 bits per heavy atom. The Labute approximate surface area is 223 Å². The van der Waals surface area contributed by atoms with Gasteiger partial charge >= 0.3 is 29.6 Å². The fraction of sp³-hybridized carbons (Fsp3) is 0.346. The van der Waals surface area contributed by atoms with Crippen LogP contribution in [0.1, 0.15) is 32.3 Å². The summed E-state index contributed by atoms with van der Waals surface area (Å²) in [7, 11) is 0. The molecule has 3 heterocycles. The predicted molar refractivity (Wildman–Crippen MR) is 133 cm³/mol. The van der Waals surface area contributed by atoms with E-state index in [1.54, 1.807) is 12.4 Å². The first-order chi connectivity index (χ1) is 15.4. The van der Waals surface area contributed by atoms with Crippen molar-refractivity contribution in [3.05, 3.63) is 72.2 Å². The van der Waals surface area contributed by atoms with Gasteiger partial charge in [-0.05, 0) is 36.6 Å². The molecule has 4 nitrogen and oxygen atoms in total. The molecule has 0 unspecified atom stereocenters. The van der Waals surface area contributed by atoms with E-state index in [1.165, 1.54) is 0 Å². The fourth-order valence-corrected chi connectivity index (χ4v) is 3.89. The number of nitrogens with zero attached hydrogens (tertiary/aromatic N) is 4. The minimum absolute atomic E-state index is 0. The number of alkyl halides is 1. The zero-order chi connectivity index (χ0) is 23.1. The molecule has 4 rings (SSSR count). The van der Waals surface area contributed by atoms with Crippen molar-refractivity contribution in [2.24, 2.45) is 0 Å². The molecule has 1 aliphatic heterocycles. The summed E-state index contributed by atoms with van der Waals surface area (Å²) in [5.74, 6) is 0. The van der Waals surface area contributed by atoms with Gasteiger partial charge < -0.3 is 14.8 Å². The minimum atomic E-state index is -0.156. The molecule has 0 aliphatic carbocycles. The molecule has 0 amide bonds. The van der Waals surface area contributed by atoms with Gasteiger partial charge in [0.15, 0.2) is 0 Å². The van der Waals surface area contributed by atoms with Crippen LogP contribution in [0.5, 0.6) is 0 Å². The van der Waals surface area contributed by atoms with Crippen molar-refractivity contribution < 1.29 is 33.9 Å². The number of aromatic nitrogens is 2. The molecule has 1 fully saturated rings. The molecule has 2 aromatic heterocycles. The van der Waals surface area contributed by atoms with Crippen LogP contribution in [0.3, 0.4) is 0 Å². The van der Waals surface area contributed by atoms with E-state index >= 15 is 0 Å². The Balaban J connectivity index is 0.000000583. The van der Waals surface area contributed by atoms with Gasteiger partial charge in [0.25, 0.3) is 0 Å². The fourth-order valence-electron chi connectivity index (χ4n) is 3.63. The topological polar surface area (TPSA) is 33.5 Å². The van der Waals surface area contributed by atoms with E-state index in [-0.39, 0.29) is 36.2 Å². The van der Waals surface area contributed by atoms with E-state index in [0.29, 0.717) is 5.02 Å². The Morgan fingerprint density at radius 1 is 1.12 bits per heavy atom. The Bertz CT molecular complexity index is 1060. The van der Waals surface area contributed by atoms with Gasteiger partial charge in [-0.3, -0.25) is 4.39 Å². The van der Waals surface area contributed by atoms with Crippen molar-refractivity contribution in [2.45, 2.75) is 26.7 Å². The van der Waals surface area contributed by atoms with Crippen LogP contribution in [0.15, 0.2) is 61.6 Å². The number of fused-ring (bicyclic) bond motifs is 1. The molecule has 170 valence electrons. The monoisotopic (exact) mass is 476 g/mol. The standard InChI is InChI=1S/C22H22ClN4.C4H9F.Na/c1-15(2)26-8-10-27(11-9-26)16(3)17-4-5-19-20(23)13-21(25-22(19)12-17)18-6-7-24-14-18;1-2-3-4-5;/h4-7,12-14H,1,3,8-11H2,2H3;2-4H2,1H3;/q-1;;+1. The van der Waals surface area contributed by atoms with Crippen LogP contribution in [0.4, 0.5) is 4.39 Å². The average Bonchev–Trinajstić information content (AvgIpc) is 3.34. The van der Waals surface area contributed by atoms with E-state index in [1.807, 2.05) is 25.1 Å². The van der Waals surface area contributed by atoms with E-state index in [0.717, 1.165) is 78.1 Å². The molecule has 0 saturated carbocycles. The van der Waals surface area contributed by atoms with Crippen molar-refractivity contribution in [2.75, 3.05) is 32.9 Å². The van der Waals surface area contributed by atoms with Gasteiger partial charge in [-0.1, -0.05) is 56.3 Å².